The normalized spacial score (nSPS) is 30.6. The minimum Gasteiger partial charge on any atom is -0.409 e. The zero-order chi connectivity index (χ0) is 18.9. The van der Waals surface area contributed by atoms with Crippen LogP contribution in [0, 0.1) is 0 Å². The fourth-order valence-electron chi connectivity index (χ4n) is 4.11. The van der Waals surface area contributed by atoms with Gasteiger partial charge in [0.05, 0.1) is 6.61 Å². The van der Waals surface area contributed by atoms with E-state index >= 15 is 0 Å². The lowest BCUT2D eigenvalue weighted by molar-refractivity contribution is -0.0545. The van der Waals surface area contributed by atoms with Gasteiger partial charge >= 0.3 is 5.69 Å². The molecule has 4 unspecified atom stereocenters. The quantitative estimate of drug-likeness (QED) is 0.649. The molecule has 3 rings (SSSR count). The molecule has 4 atom stereocenters. The van der Waals surface area contributed by atoms with E-state index in [1.54, 1.807) is 0 Å². The number of aliphatic hydroxyl groups excluding tert-OH is 2. The van der Waals surface area contributed by atoms with Crippen LogP contribution in [0.4, 0.5) is 5.82 Å². The number of rotatable bonds is 5. The first-order valence-electron chi connectivity index (χ1n) is 9.30. The zero-order valence-corrected chi connectivity index (χ0v) is 16.4. The fraction of sp³-hybridized carbons (Fsp3) is 0.765. The molecule has 9 heteroatoms. The van der Waals surface area contributed by atoms with E-state index in [1.165, 1.54) is 36.1 Å². The molecular weight excluding hydrogens is 354 g/mol. The first kappa shape index (κ1) is 19.5. The maximum Gasteiger partial charge on any atom is 0.351 e. The molecule has 2 heterocycles. The van der Waals surface area contributed by atoms with E-state index in [0.29, 0.717) is 5.54 Å². The Labute approximate surface area is 154 Å². The van der Waals surface area contributed by atoms with Crippen LogP contribution >= 0.6 is 0 Å². The highest BCUT2D eigenvalue weighted by Gasteiger charge is 2.49. The van der Waals surface area contributed by atoms with Crippen LogP contribution < -0.4 is 11.4 Å². The highest BCUT2D eigenvalue weighted by Crippen LogP contribution is 2.40. The van der Waals surface area contributed by atoms with Gasteiger partial charge < -0.3 is 25.1 Å². The molecule has 1 aliphatic heterocycles. The third-order valence-electron chi connectivity index (χ3n) is 5.64. The van der Waals surface area contributed by atoms with Crippen molar-refractivity contribution in [2.75, 3.05) is 12.3 Å². The molecule has 1 aromatic rings. The Morgan fingerprint density at radius 1 is 1.38 bits per heavy atom. The van der Waals surface area contributed by atoms with E-state index in [-0.39, 0.29) is 12.4 Å². The molecule has 0 aromatic carbocycles. The largest absolute Gasteiger partial charge is 0.409 e. The van der Waals surface area contributed by atoms with E-state index in [0.717, 1.165) is 12.8 Å². The maximum absolute atomic E-state index is 12.1. The molecule has 2 fully saturated rings. The van der Waals surface area contributed by atoms with Gasteiger partial charge in [0, 0.05) is 6.20 Å². The van der Waals surface area contributed by atoms with Crippen molar-refractivity contribution in [3.8, 4) is 0 Å². The van der Waals surface area contributed by atoms with Crippen molar-refractivity contribution < 1.29 is 19.4 Å². The summed E-state index contributed by atoms with van der Waals surface area (Å²) < 4.78 is 13.4. The molecule has 26 heavy (non-hydrogen) atoms. The number of aliphatic hydroxyl groups is 2. The molecule has 146 valence electrons. The van der Waals surface area contributed by atoms with Gasteiger partial charge in [-0.2, -0.15) is 4.98 Å². The molecule has 0 spiro atoms. The first-order valence-corrected chi connectivity index (χ1v) is 12.3. The van der Waals surface area contributed by atoms with Crippen molar-refractivity contribution in [3.05, 3.63) is 22.7 Å². The van der Waals surface area contributed by atoms with Gasteiger partial charge in [0.25, 0.3) is 0 Å². The van der Waals surface area contributed by atoms with E-state index in [4.69, 9.17) is 14.9 Å². The summed E-state index contributed by atoms with van der Waals surface area (Å²) in [6.07, 6.45) is 4.07. The van der Waals surface area contributed by atoms with Gasteiger partial charge in [0.2, 0.25) is 0 Å². The third-order valence-corrected chi connectivity index (χ3v) is 9.07. The lowest BCUT2D eigenvalue weighted by atomic mass is 10.0. The summed E-state index contributed by atoms with van der Waals surface area (Å²) in [5.74, 6) is 0.107. The molecule has 0 radical (unpaired) electrons. The number of nitrogens with zero attached hydrogens (tertiary/aromatic N) is 2. The first-order chi connectivity index (χ1) is 12.3. The molecule has 0 amide bonds. The number of nitrogens with two attached hydrogens (primary N) is 1. The Kier molecular flexibility index (Phi) is 5.83. The van der Waals surface area contributed by atoms with Crippen molar-refractivity contribution >= 4 is 14.1 Å². The van der Waals surface area contributed by atoms with Crippen molar-refractivity contribution in [3.63, 3.8) is 0 Å². The second-order valence-corrected chi connectivity index (χ2v) is 12.1. The molecule has 1 aromatic heterocycles. The fourth-order valence-corrected chi connectivity index (χ4v) is 7.09. The van der Waals surface area contributed by atoms with Crippen LogP contribution in [-0.2, 0) is 9.16 Å². The summed E-state index contributed by atoms with van der Waals surface area (Å²) in [5.41, 5.74) is 5.45. The molecular formula is C17H29N3O5Si. The van der Waals surface area contributed by atoms with Crippen LogP contribution in [0.25, 0.3) is 0 Å². The zero-order valence-electron chi connectivity index (χ0n) is 15.4. The van der Waals surface area contributed by atoms with Crippen LogP contribution in [0.3, 0.4) is 0 Å². The molecule has 1 aliphatic carbocycles. The van der Waals surface area contributed by atoms with Gasteiger partial charge in [0.1, 0.15) is 24.1 Å². The van der Waals surface area contributed by atoms with Gasteiger partial charge in [-0.05, 0) is 24.7 Å². The smallest absolute Gasteiger partial charge is 0.351 e. The Morgan fingerprint density at radius 3 is 2.69 bits per heavy atom. The van der Waals surface area contributed by atoms with Crippen LogP contribution in [0.2, 0.25) is 18.6 Å². The number of ether oxygens (including phenoxy) is 1. The Morgan fingerprint density at radius 2 is 2.08 bits per heavy atom. The Bertz CT molecular complexity index is 677. The average molecular weight is 384 g/mol. The summed E-state index contributed by atoms with van der Waals surface area (Å²) >= 11 is 0. The SMILES string of the molecule is C[Si](C)(OC1C(CO)OC(n2ccc(N)nc2=O)C1O)C1CCCCC1. The minimum absolute atomic E-state index is 0.107. The van der Waals surface area contributed by atoms with Gasteiger partial charge in [0.15, 0.2) is 14.5 Å². The van der Waals surface area contributed by atoms with Crippen molar-refractivity contribution in [2.45, 2.75) is 75.3 Å². The number of nitrogen functional groups attached to an aromatic ring is 1. The monoisotopic (exact) mass is 383 g/mol. The summed E-state index contributed by atoms with van der Waals surface area (Å²) in [4.78, 5) is 15.8. The van der Waals surface area contributed by atoms with Gasteiger partial charge in [-0.15, -0.1) is 0 Å². The van der Waals surface area contributed by atoms with Crippen LogP contribution in [0.5, 0.6) is 0 Å². The van der Waals surface area contributed by atoms with Gasteiger partial charge in [-0.25, -0.2) is 4.79 Å². The number of hydrogen-bond acceptors (Lipinski definition) is 7. The average Bonchev–Trinajstić information content (AvgIpc) is 2.91. The van der Waals surface area contributed by atoms with Crippen LogP contribution in [-0.4, -0.2) is 53.0 Å². The van der Waals surface area contributed by atoms with E-state index in [1.807, 2.05) is 0 Å². The van der Waals surface area contributed by atoms with Crippen molar-refractivity contribution in [1.29, 1.82) is 0 Å². The van der Waals surface area contributed by atoms with Gasteiger partial charge in [-0.1, -0.05) is 32.1 Å². The number of aromatic nitrogens is 2. The van der Waals surface area contributed by atoms with E-state index in [9.17, 15) is 15.0 Å². The lowest BCUT2D eigenvalue weighted by Gasteiger charge is -2.38. The highest BCUT2D eigenvalue weighted by atomic mass is 28.4. The van der Waals surface area contributed by atoms with E-state index in [2.05, 4.69) is 18.1 Å². The number of anilines is 1. The molecule has 0 bridgehead atoms. The lowest BCUT2D eigenvalue weighted by Crippen LogP contribution is -2.48. The second-order valence-electron chi connectivity index (χ2n) is 7.80. The van der Waals surface area contributed by atoms with Crippen molar-refractivity contribution in [2.24, 2.45) is 0 Å². The third kappa shape index (κ3) is 3.86. The van der Waals surface area contributed by atoms with Crippen LogP contribution in [0.1, 0.15) is 38.3 Å². The summed E-state index contributed by atoms with van der Waals surface area (Å²) in [7, 11) is -2.09. The van der Waals surface area contributed by atoms with Crippen molar-refractivity contribution in [1.82, 2.24) is 9.55 Å². The van der Waals surface area contributed by atoms with Gasteiger partial charge in [-0.3, -0.25) is 4.57 Å². The maximum atomic E-state index is 12.1. The predicted octanol–water partition coefficient (Wildman–Crippen LogP) is 1.00. The molecule has 8 nitrogen and oxygen atoms in total. The molecule has 2 aliphatic rings. The summed E-state index contributed by atoms with van der Waals surface area (Å²) in [6, 6.07) is 1.47. The van der Waals surface area contributed by atoms with Crippen LogP contribution in [0.15, 0.2) is 17.1 Å². The summed E-state index contributed by atoms with van der Waals surface area (Å²) in [6.45, 7) is 4.04. The van der Waals surface area contributed by atoms with E-state index < -0.39 is 38.5 Å². The summed E-state index contributed by atoms with van der Waals surface area (Å²) in [5, 5.41) is 20.5. The highest BCUT2D eigenvalue weighted by molar-refractivity contribution is 6.72. The minimum atomic E-state index is -2.09. The second kappa shape index (κ2) is 7.77. The topological polar surface area (TPSA) is 120 Å². The molecule has 1 saturated heterocycles. The predicted molar refractivity (Wildman–Crippen MR) is 99.1 cm³/mol. The Hall–Kier alpha value is -1.26. The number of hydrogen-bond donors (Lipinski definition) is 3. The Balaban J connectivity index is 1.79. The molecule has 1 saturated carbocycles. The standard InChI is InChI=1S/C17H29N3O5Si/c1-26(2,11-6-4-3-5-7-11)25-15-12(10-21)24-16(14(15)22)20-9-8-13(18)19-17(20)23/h8-9,11-12,14-16,21-22H,3-7,10H2,1-2H3,(H2,18,19,23). The molecule has 4 N–H and O–H groups in total.